The number of hydrogen-bond donors (Lipinski definition) is 1. The van der Waals surface area contributed by atoms with Gasteiger partial charge in [0.2, 0.25) is 10.0 Å². The van der Waals surface area contributed by atoms with Gasteiger partial charge in [0.1, 0.15) is 5.69 Å². The van der Waals surface area contributed by atoms with Crippen LogP contribution in [0.15, 0.2) is 24.4 Å². The van der Waals surface area contributed by atoms with E-state index < -0.39 is 10.0 Å². The van der Waals surface area contributed by atoms with E-state index in [1.807, 2.05) is 0 Å². The zero-order valence-corrected chi connectivity index (χ0v) is 11.6. The zero-order valence-electron chi connectivity index (χ0n) is 10.7. The van der Waals surface area contributed by atoms with Gasteiger partial charge in [-0.05, 0) is 25.5 Å². The number of likely N-dealkylation sites (tertiary alicyclic amines) is 1. The van der Waals surface area contributed by atoms with Gasteiger partial charge in [0.15, 0.2) is 0 Å². The summed E-state index contributed by atoms with van der Waals surface area (Å²) >= 11 is 0. The molecule has 0 saturated carbocycles. The van der Waals surface area contributed by atoms with E-state index in [2.05, 4.69) is 9.71 Å². The molecule has 1 N–H and O–H groups in total. The van der Waals surface area contributed by atoms with E-state index >= 15 is 0 Å². The molecule has 0 radical (unpaired) electrons. The number of aromatic nitrogens is 1. The molecule has 0 aliphatic carbocycles. The molecule has 2 heterocycles. The Morgan fingerprint density at radius 2 is 2.32 bits per heavy atom. The molecule has 104 valence electrons. The number of nitrogens with zero attached hydrogens (tertiary/aromatic N) is 2. The maximum Gasteiger partial charge on any atom is 0.272 e. The SMILES string of the molecule is CCS(=O)(=O)N[C@H]1CCN(C(=O)c2ccccn2)C1. The van der Waals surface area contributed by atoms with Crippen LogP contribution in [0.4, 0.5) is 0 Å². The highest BCUT2D eigenvalue weighted by molar-refractivity contribution is 7.89. The van der Waals surface area contributed by atoms with Crippen LogP contribution in [0.2, 0.25) is 0 Å². The summed E-state index contributed by atoms with van der Waals surface area (Å²) in [7, 11) is -3.22. The Bertz CT molecular complexity index is 545. The molecule has 0 unspecified atom stereocenters. The van der Waals surface area contributed by atoms with Crippen molar-refractivity contribution in [3.05, 3.63) is 30.1 Å². The van der Waals surface area contributed by atoms with Crippen molar-refractivity contribution in [2.75, 3.05) is 18.8 Å². The van der Waals surface area contributed by atoms with Gasteiger partial charge < -0.3 is 4.90 Å². The highest BCUT2D eigenvalue weighted by atomic mass is 32.2. The molecular weight excluding hydrogens is 266 g/mol. The molecule has 0 aromatic carbocycles. The molecule has 1 aromatic rings. The van der Waals surface area contributed by atoms with E-state index in [4.69, 9.17) is 0 Å². The number of amides is 1. The van der Waals surface area contributed by atoms with Crippen molar-refractivity contribution >= 4 is 15.9 Å². The molecule has 1 aliphatic heterocycles. The molecule has 2 rings (SSSR count). The van der Waals surface area contributed by atoms with Crippen LogP contribution in [0, 0.1) is 0 Å². The summed E-state index contributed by atoms with van der Waals surface area (Å²) in [6.45, 7) is 2.54. The van der Waals surface area contributed by atoms with Crippen molar-refractivity contribution in [1.82, 2.24) is 14.6 Å². The predicted molar refractivity (Wildman–Crippen MR) is 71.1 cm³/mol. The van der Waals surface area contributed by atoms with Gasteiger partial charge in [0.25, 0.3) is 5.91 Å². The van der Waals surface area contributed by atoms with Crippen molar-refractivity contribution in [2.24, 2.45) is 0 Å². The first-order chi connectivity index (χ1) is 9.02. The Labute approximate surface area is 112 Å². The second-order valence-corrected chi connectivity index (χ2v) is 6.52. The number of carbonyl (C=O) groups is 1. The Morgan fingerprint density at radius 1 is 1.53 bits per heavy atom. The average molecular weight is 283 g/mol. The zero-order chi connectivity index (χ0) is 13.9. The van der Waals surface area contributed by atoms with Crippen LogP contribution in [0.25, 0.3) is 0 Å². The second kappa shape index (κ2) is 5.66. The summed E-state index contributed by atoms with van der Waals surface area (Å²) in [6.07, 6.45) is 2.21. The number of hydrogen-bond acceptors (Lipinski definition) is 4. The van der Waals surface area contributed by atoms with Crippen LogP contribution in [-0.4, -0.2) is 49.1 Å². The third kappa shape index (κ3) is 3.51. The summed E-state index contributed by atoms with van der Waals surface area (Å²) < 4.78 is 25.5. The fourth-order valence-electron chi connectivity index (χ4n) is 2.03. The Hall–Kier alpha value is -1.47. The fraction of sp³-hybridized carbons (Fsp3) is 0.500. The van der Waals surface area contributed by atoms with E-state index in [9.17, 15) is 13.2 Å². The highest BCUT2D eigenvalue weighted by Gasteiger charge is 2.29. The molecule has 1 aromatic heterocycles. The first-order valence-corrected chi connectivity index (χ1v) is 7.87. The molecular formula is C12H17N3O3S. The van der Waals surface area contributed by atoms with Crippen molar-refractivity contribution in [3.8, 4) is 0 Å². The lowest BCUT2D eigenvalue weighted by molar-refractivity contribution is 0.0784. The average Bonchev–Trinajstić information content (AvgIpc) is 2.86. The maximum atomic E-state index is 12.1. The minimum Gasteiger partial charge on any atom is -0.336 e. The van der Waals surface area contributed by atoms with Crippen LogP contribution < -0.4 is 4.72 Å². The minimum atomic E-state index is -3.22. The van der Waals surface area contributed by atoms with Crippen molar-refractivity contribution in [2.45, 2.75) is 19.4 Å². The van der Waals surface area contributed by atoms with Gasteiger partial charge >= 0.3 is 0 Å². The first-order valence-electron chi connectivity index (χ1n) is 6.22. The smallest absolute Gasteiger partial charge is 0.272 e. The Kier molecular flexibility index (Phi) is 4.16. The summed E-state index contributed by atoms with van der Waals surface area (Å²) in [6, 6.07) is 4.97. The van der Waals surface area contributed by atoms with Gasteiger partial charge in [-0.2, -0.15) is 0 Å². The lowest BCUT2D eigenvalue weighted by atomic mass is 10.3. The third-order valence-electron chi connectivity index (χ3n) is 3.09. The lowest BCUT2D eigenvalue weighted by Gasteiger charge is -2.16. The van der Waals surface area contributed by atoms with Gasteiger partial charge in [-0.15, -0.1) is 0 Å². The van der Waals surface area contributed by atoms with Crippen molar-refractivity contribution < 1.29 is 13.2 Å². The molecule has 1 atom stereocenters. The van der Waals surface area contributed by atoms with Crippen LogP contribution in [-0.2, 0) is 10.0 Å². The van der Waals surface area contributed by atoms with E-state index in [0.29, 0.717) is 25.2 Å². The van der Waals surface area contributed by atoms with Crippen LogP contribution in [0.3, 0.4) is 0 Å². The van der Waals surface area contributed by atoms with Crippen molar-refractivity contribution in [3.63, 3.8) is 0 Å². The van der Waals surface area contributed by atoms with E-state index in [1.165, 1.54) is 0 Å². The fourth-order valence-corrected chi connectivity index (χ4v) is 2.90. The minimum absolute atomic E-state index is 0.0533. The summed E-state index contributed by atoms with van der Waals surface area (Å²) in [5.74, 6) is -0.101. The quantitative estimate of drug-likeness (QED) is 0.858. The number of pyridine rings is 1. The normalized spacial score (nSPS) is 19.6. The van der Waals surface area contributed by atoms with E-state index in [1.54, 1.807) is 36.2 Å². The van der Waals surface area contributed by atoms with Crippen LogP contribution >= 0.6 is 0 Å². The largest absolute Gasteiger partial charge is 0.336 e. The van der Waals surface area contributed by atoms with Gasteiger partial charge in [-0.1, -0.05) is 6.07 Å². The maximum absolute atomic E-state index is 12.1. The monoisotopic (exact) mass is 283 g/mol. The number of sulfonamides is 1. The van der Waals surface area contributed by atoms with Gasteiger partial charge in [-0.25, -0.2) is 13.1 Å². The molecule has 1 amide bonds. The molecule has 7 heteroatoms. The van der Waals surface area contributed by atoms with Crippen LogP contribution in [0.1, 0.15) is 23.8 Å². The molecule has 1 fully saturated rings. The number of carbonyl (C=O) groups excluding carboxylic acids is 1. The summed E-state index contributed by atoms with van der Waals surface area (Å²) in [5.41, 5.74) is 0.390. The van der Waals surface area contributed by atoms with Crippen LogP contribution in [0.5, 0.6) is 0 Å². The lowest BCUT2D eigenvalue weighted by Crippen LogP contribution is -2.39. The summed E-state index contributed by atoms with van der Waals surface area (Å²) in [5, 5.41) is 0. The van der Waals surface area contributed by atoms with Gasteiger partial charge in [0.05, 0.1) is 5.75 Å². The Balaban J connectivity index is 1.97. The third-order valence-corrected chi connectivity index (χ3v) is 4.54. The highest BCUT2D eigenvalue weighted by Crippen LogP contribution is 2.13. The topological polar surface area (TPSA) is 79.4 Å². The molecule has 1 saturated heterocycles. The Morgan fingerprint density at radius 3 is 2.95 bits per heavy atom. The number of rotatable bonds is 4. The second-order valence-electron chi connectivity index (χ2n) is 4.47. The summed E-state index contributed by atoms with van der Waals surface area (Å²) in [4.78, 5) is 17.8. The molecule has 19 heavy (non-hydrogen) atoms. The molecule has 0 bridgehead atoms. The molecule has 1 aliphatic rings. The predicted octanol–water partition coefficient (Wildman–Crippen LogP) is 0.235. The first kappa shape index (κ1) is 14.0. The standard InChI is InChI=1S/C12H17N3O3S/c1-2-19(17,18)14-10-6-8-15(9-10)12(16)11-5-3-4-7-13-11/h3-5,7,10,14H,2,6,8-9H2,1H3/t10-/m0/s1. The number of nitrogens with one attached hydrogen (secondary N) is 1. The van der Waals surface area contributed by atoms with Gasteiger partial charge in [0, 0.05) is 25.3 Å². The molecule has 6 nitrogen and oxygen atoms in total. The molecule has 0 spiro atoms. The van der Waals surface area contributed by atoms with E-state index in [-0.39, 0.29) is 17.7 Å². The van der Waals surface area contributed by atoms with E-state index in [0.717, 1.165) is 0 Å². The van der Waals surface area contributed by atoms with Crippen molar-refractivity contribution in [1.29, 1.82) is 0 Å². The van der Waals surface area contributed by atoms with Gasteiger partial charge in [-0.3, -0.25) is 9.78 Å².